The summed E-state index contributed by atoms with van der Waals surface area (Å²) in [6.07, 6.45) is 2.68. The maximum atomic E-state index is 11.1. The van der Waals surface area contributed by atoms with E-state index >= 15 is 0 Å². The van der Waals surface area contributed by atoms with Gasteiger partial charge in [0.1, 0.15) is 0 Å². The Bertz CT molecular complexity index is 281. The van der Waals surface area contributed by atoms with Crippen LogP contribution in [-0.2, 0) is 9.59 Å². The molecule has 92 valence electrons. The third kappa shape index (κ3) is 5.41. The molecule has 1 rings (SSSR count). The monoisotopic (exact) mass is 240 g/mol. The molecule has 0 saturated heterocycles. The molecule has 0 aliphatic heterocycles. The van der Waals surface area contributed by atoms with E-state index in [1.807, 2.05) is 13.8 Å². The van der Waals surface area contributed by atoms with Gasteiger partial charge in [0.15, 0.2) is 0 Å². The molecule has 1 aliphatic carbocycles. The summed E-state index contributed by atoms with van der Waals surface area (Å²) in [6.45, 7) is 4.02. The Morgan fingerprint density at radius 3 is 2.06 bits per heavy atom. The first kappa shape index (κ1) is 20.5. The van der Waals surface area contributed by atoms with Crippen molar-refractivity contribution in [3.05, 3.63) is 0 Å². The van der Waals surface area contributed by atoms with Crippen LogP contribution in [0.1, 0.15) is 39.5 Å². The van der Waals surface area contributed by atoms with Gasteiger partial charge in [0.05, 0.1) is 0 Å². The van der Waals surface area contributed by atoms with E-state index in [1.54, 1.807) is 0 Å². The van der Waals surface area contributed by atoms with E-state index in [-0.39, 0.29) is 43.6 Å². The van der Waals surface area contributed by atoms with Crippen LogP contribution in [0, 0.1) is 23.7 Å². The summed E-state index contributed by atoms with van der Waals surface area (Å²) in [5, 5.41) is 22.0. The zero-order chi connectivity index (χ0) is 12.3. The molecule has 1 saturated carbocycles. The molecule has 0 bridgehead atoms. The van der Waals surface area contributed by atoms with Crippen LogP contribution in [0.15, 0.2) is 0 Å². The molecule has 4 nitrogen and oxygen atoms in total. The van der Waals surface area contributed by atoms with Crippen LogP contribution in [0.3, 0.4) is 0 Å². The van der Waals surface area contributed by atoms with Crippen molar-refractivity contribution in [2.24, 2.45) is 23.7 Å². The largest absolute Gasteiger partial charge is 1.00 e. The fourth-order valence-corrected chi connectivity index (χ4v) is 2.78. The number of rotatable bonds is 4. The van der Waals surface area contributed by atoms with Gasteiger partial charge >= 0.3 is 37.7 Å². The molecule has 1 fully saturated rings. The van der Waals surface area contributed by atoms with Crippen molar-refractivity contribution in [3.63, 3.8) is 0 Å². The molecule has 6 heteroatoms. The van der Waals surface area contributed by atoms with E-state index in [2.05, 4.69) is 0 Å². The summed E-state index contributed by atoms with van der Waals surface area (Å²) in [5.74, 6) is -3.94. The van der Waals surface area contributed by atoms with Crippen molar-refractivity contribution >= 4 is 11.9 Å². The first-order valence-corrected chi connectivity index (χ1v) is 5.85. The molecule has 0 amide bonds. The third-order valence-corrected chi connectivity index (χ3v) is 3.38. The Morgan fingerprint density at radius 2 is 1.67 bits per heavy atom. The van der Waals surface area contributed by atoms with Crippen LogP contribution in [0.5, 0.6) is 0 Å². The molecule has 0 aromatic carbocycles. The molecule has 0 aromatic heterocycles. The molecule has 0 aromatic rings. The molecule has 3 unspecified atom stereocenters. The molecule has 0 heterocycles. The van der Waals surface area contributed by atoms with Gasteiger partial charge < -0.3 is 19.8 Å². The van der Waals surface area contributed by atoms with Gasteiger partial charge in [-0.2, -0.15) is 0 Å². The standard InChI is InChI=1S/C12H20O4.2Li/c1-7(2)6-8-4-3-5-9(11(13)14)10(8)12(15)16;;/h7-10H,3-6H2,1-2H3,(H,13,14)(H,15,16);;/q;2*+1/p-2. The molecule has 3 atom stereocenters. The second-order valence-electron chi connectivity index (χ2n) is 5.09. The zero-order valence-corrected chi connectivity index (χ0v) is 11.8. The van der Waals surface area contributed by atoms with Crippen LogP contribution < -0.4 is 47.9 Å². The summed E-state index contributed by atoms with van der Waals surface area (Å²) < 4.78 is 0. The third-order valence-electron chi connectivity index (χ3n) is 3.38. The van der Waals surface area contributed by atoms with Gasteiger partial charge in [-0.3, -0.25) is 0 Å². The van der Waals surface area contributed by atoms with Crippen LogP contribution in [-0.4, -0.2) is 11.9 Å². The Balaban J connectivity index is 0. The fraction of sp³-hybridized carbons (Fsp3) is 0.833. The van der Waals surface area contributed by atoms with E-state index in [1.165, 1.54) is 0 Å². The normalized spacial score (nSPS) is 26.9. The van der Waals surface area contributed by atoms with E-state index in [0.29, 0.717) is 12.3 Å². The van der Waals surface area contributed by atoms with E-state index < -0.39 is 23.8 Å². The van der Waals surface area contributed by atoms with Gasteiger partial charge in [-0.25, -0.2) is 0 Å². The predicted molar refractivity (Wildman–Crippen MR) is 53.8 cm³/mol. The zero-order valence-electron chi connectivity index (χ0n) is 11.8. The van der Waals surface area contributed by atoms with Gasteiger partial charge in [0.25, 0.3) is 0 Å². The van der Waals surface area contributed by atoms with Gasteiger partial charge in [0, 0.05) is 23.8 Å². The van der Waals surface area contributed by atoms with Crippen molar-refractivity contribution in [1.29, 1.82) is 0 Å². The quantitative estimate of drug-likeness (QED) is 0.458. The number of aliphatic carboxylic acids is 2. The maximum absolute atomic E-state index is 11.1. The van der Waals surface area contributed by atoms with Crippen molar-refractivity contribution in [2.45, 2.75) is 39.5 Å². The maximum Gasteiger partial charge on any atom is 1.00 e. The minimum atomic E-state index is -1.25. The molecular weight excluding hydrogens is 222 g/mol. The number of carboxylic acids is 2. The first-order chi connectivity index (χ1) is 7.43. The molecule has 18 heavy (non-hydrogen) atoms. The van der Waals surface area contributed by atoms with Gasteiger partial charge in [-0.1, -0.05) is 20.3 Å². The summed E-state index contributed by atoms with van der Waals surface area (Å²) in [5.41, 5.74) is 0. The van der Waals surface area contributed by atoms with Crippen LogP contribution >= 0.6 is 0 Å². The van der Waals surface area contributed by atoms with Gasteiger partial charge in [-0.15, -0.1) is 0 Å². The van der Waals surface area contributed by atoms with Crippen molar-refractivity contribution in [1.82, 2.24) is 0 Å². The Hall–Kier alpha value is 0.135. The van der Waals surface area contributed by atoms with Gasteiger partial charge in [0.2, 0.25) is 0 Å². The summed E-state index contributed by atoms with van der Waals surface area (Å²) in [4.78, 5) is 22.0. The van der Waals surface area contributed by atoms with E-state index in [9.17, 15) is 19.8 Å². The van der Waals surface area contributed by atoms with Crippen molar-refractivity contribution in [3.8, 4) is 0 Å². The minimum absolute atomic E-state index is 0. The number of hydrogen-bond donors (Lipinski definition) is 0. The number of carbonyl (C=O) groups excluding carboxylic acids is 2. The second-order valence-corrected chi connectivity index (χ2v) is 5.09. The summed E-state index contributed by atoms with van der Waals surface area (Å²) in [6, 6.07) is 0. The SMILES string of the molecule is CC(C)CC1CCCC(C(=O)[O-])C1C(=O)[O-].[Li+].[Li+]. The number of hydrogen-bond acceptors (Lipinski definition) is 4. The predicted octanol–water partition coefficient (Wildman–Crippen LogP) is -6.43. The number of carboxylic acid groups (broad SMARTS) is 2. The smallest absolute Gasteiger partial charge is 0.550 e. The number of carbonyl (C=O) groups is 2. The Kier molecular flexibility index (Phi) is 10.3. The van der Waals surface area contributed by atoms with Crippen LogP contribution in [0.4, 0.5) is 0 Å². The first-order valence-electron chi connectivity index (χ1n) is 5.85. The second kappa shape index (κ2) is 9.10. The minimum Gasteiger partial charge on any atom is -0.550 e. The van der Waals surface area contributed by atoms with Crippen molar-refractivity contribution < 1.29 is 57.5 Å². The van der Waals surface area contributed by atoms with Crippen LogP contribution in [0.2, 0.25) is 0 Å². The molecule has 1 aliphatic rings. The Labute approximate surface area is 132 Å². The fourth-order valence-electron chi connectivity index (χ4n) is 2.78. The molecule has 0 radical (unpaired) electrons. The molecule has 0 N–H and O–H groups in total. The van der Waals surface area contributed by atoms with Crippen molar-refractivity contribution in [2.75, 3.05) is 0 Å². The topological polar surface area (TPSA) is 80.3 Å². The van der Waals surface area contributed by atoms with Gasteiger partial charge in [-0.05, 0) is 31.1 Å². The molecular formula is C12H18Li2O4. The van der Waals surface area contributed by atoms with E-state index in [0.717, 1.165) is 19.3 Å². The average molecular weight is 240 g/mol. The van der Waals surface area contributed by atoms with Crippen LogP contribution in [0.25, 0.3) is 0 Å². The molecule has 0 spiro atoms. The Morgan fingerprint density at radius 1 is 1.11 bits per heavy atom. The van der Waals surface area contributed by atoms with E-state index in [4.69, 9.17) is 0 Å². The summed E-state index contributed by atoms with van der Waals surface area (Å²) in [7, 11) is 0. The average Bonchev–Trinajstić information content (AvgIpc) is 2.15. The summed E-state index contributed by atoms with van der Waals surface area (Å²) >= 11 is 0.